The summed E-state index contributed by atoms with van der Waals surface area (Å²) in [5, 5.41) is 0. The Labute approximate surface area is 126 Å². The van der Waals surface area contributed by atoms with E-state index in [0.717, 1.165) is 0 Å². The molecule has 3 atom stereocenters. The van der Waals surface area contributed by atoms with Crippen molar-refractivity contribution in [3.63, 3.8) is 0 Å². The first-order valence-electron chi connectivity index (χ1n) is 7.13. The van der Waals surface area contributed by atoms with E-state index < -0.39 is 11.0 Å². The molecule has 0 spiro atoms. The molecule has 0 aliphatic rings. The Balaban J connectivity index is 3.00. The standard InChI is InChI=1S/C17H27NOS/c1-7-15(14-11-9-8-10-12-14)16(13(2)3)18-20(19)17(4,5)6/h7-13,15-16,18H,1H2,2-6H3/t15-,16+,20+/m0/s1. The summed E-state index contributed by atoms with van der Waals surface area (Å²) in [5.74, 6) is 0.520. The number of hydrogen-bond donors (Lipinski definition) is 1. The van der Waals surface area contributed by atoms with Gasteiger partial charge >= 0.3 is 0 Å². The Morgan fingerprint density at radius 1 is 1.20 bits per heavy atom. The predicted molar refractivity (Wildman–Crippen MR) is 89.0 cm³/mol. The van der Waals surface area contributed by atoms with Gasteiger partial charge < -0.3 is 0 Å². The van der Waals surface area contributed by atoms with Crippen LogP contribution >= 0.6 is 0 Å². The van der Waals surface area contributed by atoms with Crippen molar-refractivity contribution in [2.45, 2.75) is 51.3 Å². The number of rotatable bonds is 6. The summed E-state index contributed by atoms with van der Waals surface area (Å²) in [4.78, 5) is 0. The third kappa shape index (κ3) is 4.57. The summed E-state index contributed by atoms with van der Waals surface area (Å²) in [6.45, 7) is 14.2. The van der Waals surface area contributed by atoms with Crippen LogP contribution in [0, 0.1) is 5.92 Å². The molecule has 1 aromatic rings. The molecule has 0 fully saturated rings. The van der Waals surface area contributed by atoms with E-state index in [4.69, 9.17) is 0 Å². The molecule has 0 bridgehead atoms. The van der Waals surface area contributed by atoms with Gasteiger partial charge in [0.25, 0.3) is 0 Å². The molecule has 1 aromatic carbocycles. The van der Waals surface area contributed by atoms with E-state index in [-0.39, 0.29) is 16.7 Å². The third-order valence-electron chi connectivity index (χ3n) is 3.34. The lowest BCUT2D eigenvalue weighted by Gasteiger charge is -2.31. The maximum Gasteiger partial charge on any atom is 0.0973 e. The summed E-state index contributed by atoms with van der Waals surface area (Å²) >= 11 is 0. The number of nitrogens with one attached hydrogen (secondary N) is 1. The molecule has 3 heteroatoms. The van der Waals surface area contributed by atoms with Gasteiger partial charge in [0.05, 0.1) is 15.7 Å². The van der Waals surface area contributed by atoms with Gasteiger partial charge in [-0.15, -0.1) is 6.58 Å². The minimum absolute atomic E-state index is 0.106. The van der Waals surface area contributed by atoms with Gasteiger partial charge in [0.1, 0.15) is 0 Å². The first-order valence-corrected chi connectivity index (χ1v) is 8.28. The summed E-state index contributed by atoms with van der Waals surface area (Å²) in [7, 11) is -1.08. The largest absolute Gasteiger partial charge is 0.242 e. The van der Waals surface area contributed by atoms with Crippen molar-refractivity contribution in [3.8, 4) is 0 Å². The molecule has 2 nitrogen and oxygen atoms in total. The Bertz CT molecular complexity index is 448. The number of hydrogen-bond acceptors (Lipinski definition) is 1. The second-order valence-corrected chi connectivity index (χ2v) is 8.44. The molecule has 1 rings (SSSR count). The lowest BCUT2D eigenvalue weighted by Crippen LogP contribution is -2.45. The zero-order valence-electron chi connectivity index (χ0n) is 13.2. The van der Waals surface area contributed by atoms with Crippen LogP contribution in [0.5, 0.6) is 0 Å². The molecule has 20 heavy (non-hydrogen) atoms. The van der Waals surface area contributed by atoms with Crippen molar-refractivity contribution >= 4 is 11.0 Å². The van der Waals surface area contributed by atoms with Crippen LogP contribution in [0.15, 0.2) is 43.0 Å². The smallest absolute Gasteiger partial charge is 0.0973 e. The SMILES string of the molecule is C=C[C@@H](c1ccccc1)[C@H](N[S@](=O)C(C)(C)C)C(C)C. The summed E-state index contributed by atoms with van der Waals surface area (Å²) < 4.78 is 15.4. The lowest BCUT2D eigenvalue weighted by molar-refractivity contribution is 0.424. The fourth-order valence-corrected chi connectivity index (χ4v) is 3.11. The monoisotopic (exact) mass is 293 g/mol. The average molecular weight is 293 g/mol. The fraction of sp³-hybridized carbons (Fsp3) is 0.529. The molecule has 0 heterocycles. The van der Waals surface area contributed by atoms with Crippen LogP contribution in [0.2, 0.25) is 0 Å². The lowest BCUT2D eigenvalue weighted by atomic mass is 9.86. The second-order valence-electron chi connectivity index (χ2n) is 6.44. The van der Waals surface area contributed by atoms with Gasteiger partial charge in [-0.05, 0) is 32.3 Å². The molecule has 0 saturated heterocycles. The quantitative estimate of drug-likeness (QED) is 0.788. The molecule has 0 aromatic heterocycles. The van der Waals surface area contributed by atoms with Crippen LogP contribution in [0.4, 0.5) is 0 Å². The minimum atomic E-state index is -1.08. The zero-order chi connectivity index (χ0) is 15.3. The van der Waals surface area contributed by atoms with Crippen LogP contribution in [0.3, 0.4) is 0 Å². The molecule has 0 unspecified atom stereocenters. The van der Waals surface area contributed by atoms with Crippen LogP contribution < -0.4 is 4.72 Å². The Hall–Kier alpha value is -0.930. The van der Waals surface area contributed by atoms with Gasteiger partial charge in [0, 0.05) is 12.0 Å². The van der Waals surface area contributed by atoms with Crippen molar-refractivity contribution in [2.24, 2.45) is 5.92 Å². The minimum Gasteiger partial charge on any atom is -0.242 e. The Kier molecular flexibility index (Phi) is 6.15. The molecule has 1 N–H and O–H groups in total. The molecule has 0 amide bonds. The molecule has 0 radical (unpaired) electrons. The molecule has 0 aliphatic carbocycles. The van der Waals surface area contributed by atoms with E-state index in [1.54, 1.807) is 0 Å². The van der Waals surface area contributed by atoms with Crippen molar-refractivity contribution < 1.29 is 4.21 Å². The highest BCUT2D eigenvalue weighted by Gasteiger charge is 2.29. The first-order chi connectivity index (χ1) is 9.27. The molecule has 112 valence electrons. The highest BCUT2D eigenvalue weighted by molar-refractivity contribution is 7.84. The van der Waals surface area contributed by atoms with E-state index in [1.807, 2.05) is 45.0 Å². The Morgan fingerprint density at radius 2 is 1.75 bits per heavy atom. The third-order valence-corrected chi connectivity index (χ3v) is 4.94. The zero-order valence-corrected chi connectivity index (χ0v) is 14.0. The van der Waals surface area contributed by atoms with Crippen LogP contribution in [0.25, 0.3) is 0 Å². The molecule has 0 saturated carbocycles. The van der Waals surface area contributed by atoms with Crippen molar-refractivity contribution in [1.29, 1.82) is 0 Å². The van der Waals surface area contributed by atoms with Gasteiger partial charge in [0.15, 0.2) is 0 Å². The van der Waals surface area contributed by atoms with E-state index in [1.165, 1.54) is 5.56 Å². The van der Waals surface area contributed by atoms with Crippen LogP contribution in [-0.2, 0) is 11.0 Å². The highest BCUT2D eigenvalue weighted by atomic mass is 32.2. The van der Waals surface area contributed by atoms with Crippen LogP contribution in [-0.4, -0.2) is 15.0 Å². The predicted octanol–water partition coefficient (Wildman–Crippen LogP) is 4.03. The molecule has 0 aliphatic heterocycles. The normalized spacial score (nSPS) is 16.7. The van der Waals surface area contributed by atoms with E-state index in [9.17, 15) is 4.21 Å². The van der Waals surface area contributed by atoms with Crippen LogP contribution in [0.1, 0.15) is 46.1 Å². The topological polar surface area (TPSA) is 29.1 Å². The average Bonchev–Trinajstić information content (AvgIpc) is 2.38. The van der Waals surface area contributed by atoms with E-state index >= 15 is 0 Å². The van der Waals surface area contributed by atoms with E-state index in [0.29, 0.717) is 5.92 Å². The number of benzene rings is 1. The van der Waals surface area contributed by atoms with Gasteiger partial charge in [-0.3, -0.25) is 0 Å². The molecular formula is C17H27NOS. The summed E-state index contributed by atoms with van der Waals surface area (Å²) in [6.07, 6.45) is 1.95. The van der Waals surface area contributed by atoms with Crippen molar-refractivity contribution in [2.75, 3.05) is 0 Å². The van der Waals surface area contributed by atoms with Crippen molar-refractivity contribution in [1.82, 2.24) is 4.72 Å². The first kappa shape index (κ1) is 17.1. The second kappa shape index (κ2) is 7.19. The summed E-state index contributed by atoms with van der Waals surface area (Å²) in [5.41, 5.74) is 1.21. The maximum absolute atomic E-state index is 12.4. The highest BCUT2D eigenvalue weighted by Crippen LogP contribution is 2.26. The fourth-order valence-electron chi connectivity index (χ4n) is 2.09. The van der Waals surface area contributed by atoms with Crippen molar-refractivity contribution in [3.05, 3.63) is 48.6 Å². The van der Waals surface area contributed by atoms with Gasteiger partial charge in [0.2, 0.25) is 0 Å². The van der Waals surface area contributed by atoms with Gasteiger partial charge in [-0.1, -0.05) is 50.3 Å². The molecular weight excluding hydrogens is 266 g/mol. The summed E-state index contributed by atoms with van der Waals surface area (Å²) in [6, 6.07) is 10.4. The maximum atomic E-state index is 12.4. The Morgan fingerprint density at radius 3 is 2.15 bits per heavy atom. The van der Waals surface area contributed by atoms with Gasteiger partial charge in [-0.2, -0.15) is 0 Å². The van der Waals surface area contributed by atoms with Gasteiger partial charge in [-0.25, -0.2) is 8.93 Å². The van der Waals surface area contributed by atoms with E-state index in [2.05, 4.69) is 37.3 Å².